The molecule has 0 atom stereocenters. The fourth-order valence-electron chi connectivity index (χ4n) is 2.83. The highest BCUT2D eigenvalue weighted by Crippen LogP contribution is 2.16. The molecule has 2 N–H and O–H groups in total. The average Bonchev–Trinajstić information content (AvgIpc) is 2.70. The Kier molecular flexibility index (Phi) is 8.17. The molecule has 0 bridgehead atoms. The molecule has 0 aliphatic heterocycles. The van der Waals surface area contributed by atoms with Crippen molar-refractivity contribution in [2.75, 3.05) is 26.2 Å². The maximum Gasteiger partial charge on any atom is 0.251 e. The van der Waals surface area contributed by atoms with Crippen LogP contribution >= 0.6 is 0 Å². The summed E-state index contributed by atoms with van der Waals surface area (Å²) in [6.07, 6.45) is 0. The van der Waals surface area contributed by atoms with E-state index in [4.69, 9.17) is 0 Å². The molecule has 0 aliphatic rings. The largest absolute Gasteiger partial charge is 0.351 e. The van der Waals surface area contributed by atoms with Gasteiger partial charge in [-0.3, -0.25) is 4.79 Å². The number of nitrogens with one attached hydrogen (secondary N) is 2. The molecule has 1 amide bonds. The lowest BCUT2D eigenvalue weighted by Gasteiger charge is -2.18. The lowest BCUT2D eigenvalue weighted by molar-refractivity contribution is 0.0948. The van der Waals surface area contributed by atoms with E-state index < -0.39 is 10.0 Å². The van der Waals surface area contributed by atoms with E-state index >= 15 is 0 Å². The van der Waals surface area contributed by atoms with Crippen LogP contribution in [0, 0.1) is 6.92 Å². The summed E-state index contributed by atoms with van der Waals surface area (Å²) in [5, 5.41) is 2.88. The van der Waals surface area contributed by atoms with Gasteiger partial charge in [-0.25, -0.2) is 13.1 Å². The summed E-state index contributed by atoms with van der Waals surface area (Å²) in [4.78, 5) is 14.8. The van der Waals surface area contributed by atoms with Gasteiger partial charge in [0.05, 0.1) is 4.90 Å². The quantitative estimate of drug-likeness (QED) is 0.639. The Labute approximate surface area is 168 Å². The van der Waals surface area contributed by atoms with Crippen molar-refractivity contribution < 1.29 is 13.2 Å². The van der Waals surface area contributed by atoms with E-state index in [1.54, 1.807) is 13.0 Å². The lowest BCUT2D eigenvalue weighted by Crippen LogP contribution is -2.35. The van der Waals surface area contributed by atoms with Crippen LogP contribution in [0.2, 0.25) is 0 Å². The molecule has 0 saturated carbocycles. The van der Waals surface area contributed by atoms with Crippen LogP contribution in [0.5, 0.6) is 0 Å². The average molecular weight is 404 g/mol. The number of nitrogens with zero attached hydrogens (tertiary/aromatic N) is 1. The smallest absolute Gasteiger partial charge is 0.251 e. The molecule has 28 heavy (non-hydrogen) atoms. The van der Waals surface area contributed by atoms with Gasteiger partial charge >= 0.3 is 0 Å². The number of sulfonamides is 1. The molecular weight excluding hydrogens is 374 g/mol. The number of carbonyl (C=O) groups excluding carboxylic acids is 1. The number of hydrogen-bond donors (Lipinski definition) is 2. The van der Waals surface area contributed by atoms with Crippen LogP contribution in [0.1, 0.15) is 35.3 Å². The molecule has 0 unspecified atom stereocenters. The molecule has 2 aromatic rings. The maximum absolute atomic E-state index is 12.6. The standard InChI is InChI=1S/C21H29N3O3S/c1-4-24(5-2)14-13-22-21(25)20-15-19(12-11-17(20)3)28(26,27)23-16-18-9-7-6-8-10-18/h6-12,15,23H,4-5,13-14,16H2,1-3H3,(H,22,25). The molecule has 152 valence electrons. The Morgan fingerprint density at radius 2 is 1.71 bits per heavy atom. The van der Waals surface area contributed by atoms with Gasteiger partial charge in [-0.05, 0) is 43.3 Å². The zero-order valence-electron chi connectivity index (χ0n) is 16.7. The first-order chi connectivity index (χ1) is 13.4. The van der Waals surface area contributed by atoms with Gasteiger partial charge in [0.1, 0.15) is 0 Å². The van der Waals surface area contributed by atoms with E-state index in [0.29, 0.717) is 12.1 Å². The molecular formula is C21H29N3O3S. The minimum atomic E-state index is -3.71. The van der Waals surface area contributed by atoms with E-state index in [1.807, 2.05) is 30.3 Å². The normalized spacial score (nSPS) is 11.6. The summed E-state index contributed by atoms with van der Waals surface area (Å²) in [6.45, 7) is 9.27. The van der Waals surface area contributed by atoms with Crippen molar-refractivity contribution in [1.29, 1.82) is 0 Å². The molecule has 7 heteroatoms. The van der Waals surface area contributed by atoms with E-state index in [-0.39, 0.29) is 17.3 Å². The third-order valence-electron chi connectivity index (χ3n) is 4.68. The highest BCUT2D eigenvalue weighted by Gasteiger charge is 2.18. The number of rotatable bonds is 10. The van der Waals surface area contributed by atoms with Gasteiger partial charge in [-0.2, -0.15) is 0 Å². The van der Waals surface area contributed by atoms with Crippen molar-refractivity contribution in [3.8, 4) is 0 Å². The van der Waals surface area contributed by atoms with Crippen LogP contribution in [-0.2, 0) is 16.6 Å². The molecule has 0 fully saturated rings. The van der Waals surface area contributed by atoms with Gasteiger partial charge in [-0.1, -0.05) is 50.2 Å². The minimum Gasteiger partial charge on any atom is -0.351 e. The summed E-state index contributed by atoms with van der Waals surface area (Å²) in [7, 11) is -3.71. The van der Waals surface area contributed by atoms with E-state index in [9.17, 15) is 13.2 Å². The molecule has 0 radical (unpaired) electrons. The van der Waals surface area contributed by atoms with Gasteiger partial charge in [0, 0.05) is 25.2 Å². The Hall–Kier alpha value is -2.22. The van der Waals surface area contributed by atoms with Gasteiger partial charge in [0.15, 0.2) is 0 Å². The predicted molar refractivity (Wildman–Crippen MR) is 112 cm³/mol. The molecule has 0 heterocycles. The van der Waals surface area contributed by atoms with Crippen molar-refractivity contribution in [2.24, 2.45) is 0 Å². The van der Waals surface area contributed by atoms with E-state index in [1.165, 1.54) is 12.1 Å². The monoisotopic (exact) mass is 403 g/mol. The van der Waals surface area contributed by atoms with Gasteiger partial charge in [0.2, 0.25) is 10.0 Å². The van der Waals surface area contributed by atoms with Crippen molar-refractivity contribution in [1.82, 2.24) is 14.9 Å². The summed E-state index contributed by atoms with van der Waals surface area (Å²) in [5.74, 6) is -0.259. The second kappa shape index (κ2) is 10.4. The summed E-state index contributed by atoms with van der Waals surface area (Å²) < 4.78 is 27.8. The number of benzene rings is 2. The zero-order valence-corrected chi connectivity index (χ0v) is 17.6. The number of carbonyl (C=O) groups is 1. The third kappa shape index (κ3) is 6.15. The molecule has 0 aliphatic carbocycles. The topological polar surface area (TPSA) is 78.5 Å². The van der Waals surface area contributed by atoms with Crippen molar-refractivity contribution in [3.63, 3.8) is 0 Å². The number of likely N-dealkylation sites (N-methyl/N-ethyl adjacent to an activating group) is 1. The van der Waals surface area contributed by atoms with Crippen LogP contribution in [0.25, 0.3) is 0 Å². The summed E-state index contributed by atoms with van der Waals surface area (Å²) >= 11 is 0. The Balaban J connectivity index is 2.07. The minimum absolute atomic E-state index is 0.0860. The zero-order chi connectivity index (χ0) is 20.6. The maximum atomic E-state index is 12.6. The number of aryl methyl sites for hydroxylation is 1. The molecule has 6 nitrogen and oxygen atoms in total. The highest BCUT2D eigenvalue weighted by atomic mass is 32.2. The van der Waals surface area contributed by atoms with Crippen LogP contribution in [0.15, 0.2) is 53.4 Å². The van der Waals surface area contributed by atoms with Crippen LogP contribution in [0.4, 0.5) is 0 Å². The van der Waals surface area contributed by atoms with Gasteiger partial charge in [-0.15, -0.1) is 0 Å². The SMILES string of the molecule is CCN(CC)CCNC(=O)c1cc(S(=O)(=O)NCc2ccccc2)ccc1C. The van der Waals surface area contributed by atoms with Gasteiger partial charge in [0.25, 0.3) is 5.91 Å². The van der Waals surface area contributed by atoms with Crippen LogP contribution in [-0.4, -0.2) is 45.4 Å². The van der Waals surface area contributed by atoms with Crippen molar-refractivity contribution in [2.45, 2.75) is 32.2 Å². The Morgan fingerprint density at radius 1 is 1.04 bits per heavy atom. The fraction of sp³-hybridized carbons (Fsp3) is 0.381. The Bertz CT molecular complexity index is 879. The van der Waals surface area contributed by atoms with E-state index in [0.717, 1.165) is 30.8 Å². The second-order valence-electron chi connectivity index (χ2n) is 6.57. The predicted octanol–water partition coefficient (Wildman–Crippen LogP) is 2.55. The number of hydrogen-bond acceptors (Lipinski definition) is 4. The molecule has 0 aromatic heterocycles. The first-order valence-electron chi connectivity index (χ1n) is 9.52. The first kappa shape index (κ1) is 22.1. The van der Waals surface area contributed by atoms with Crippen LogP contribution in [0.3, 0.4) is 0 Å². The second-order valence-corrected chi connectivity index (χ2v) is 8.34. The molecule has 0 spiro atoms. The fourth-order valence-corrected chi connectivity index (χ4v) is 3.88. The van der Waals surface area contributed by atoms with Crippen molar-refractivity contribution >= 4 is 15.9 Å². The van der Waals surface area contributed by atoms with E-state index in [2.05, 4.69) is 28.8 Å². The highest BCUT2D eigenvalue weighted by molar-refractivity contribution is 7.89. The first-order valence-corrected chi connectivity index (χ1v) is 11.0. The Morgan fingerprint density at radius 3 is 2.36 bits per heavy atom. The number of amides is 1. The van der Waals surface area contributed by atoms with Crippen molar-refractivity contribution in [3.05, 3.63) is 65.2 Å². The lowest BCUT2D eigenvalue weighted by atomic mass is 10.1. The van der Waals surface area contributed by atoms with Gasteiger partial charge < -0.3 is 10.2 Å². The summed E-state index contributed by atoms with van der Waals surface area (Å²) in [6, 6.07) is 13.9. The summed E-state index contributed by atoms with van der Waals surface area (Å²) in [5.41, 5.74) is 1.98. The molecule has 0 saturated heterocycles. The third-order valence-corrected chi connectivity index (χ3v) is 6.08. The molecule has 2 rings (SSSR count). The van der Waals surface area contributed by atoms with Crippen LogP contribution < -0.4 is 10.0 Å². The molecule has 2 aromatic carbocycles.